The van der Waals surface area contributed by atoms with E-state index < -0.39 is 0 Å². The molecule has 1 N–H and O–H groups in total. The third-order valence-electron chi connectivity index (χ3n) is 5.27. The van der Waals surface area contributed by atoms with Gasteiger partial charge in [-0.2, -0.15) is 0 Å². The summed E-state index contributed by atoms with van der Waals surface area (Å²) >= 11 is 1.54. The Balaban J connectivity index is 1.85. The van der Waals surface area contributed by atoms with Crippen LogP contribution >= 0.6 is 11.8 Å². The van der Waals surface area contributed by atoms with Crippen LogP contribution < -0.4 is 19.7 Å². The molecule has 0 aromatic heterocycles. The van der Waals surface area contributed by atoms with Crippen LogP contribution in [-0.4, -0.2) is 31.8 Å². The van der Waals surface area contributed by atoms with Crippen molar-refractivity contribution in [2.75, 3.05) is 30.2 Å². The standard InChI is InChI=1S/C24H30N2O4S/c1-4-5-6-7-12-22(27)25-19-11-9-8-10-18(19)24-26(23(28)16-31-24)20-14-13-17(29-2)15-21(20)30-3/h8-11,13-15,24H,4-7,12,16H2,1-3H3,(H,25,27)/t24-/m1/s1. The molecule has 1 heterocycles. The smallest absolute Gasteiger partial charge is 0.238 e. The number of para-hydroxylation sites is 1. The van der Waals surface area contributed by atoms with Gasteiger partial charge in [0.1, 0.15) is 16.9 Å². The molecule has 1 fully saturated rings. The fraction of sp³-hybridized carbons (Fsp3) is 0.417. The van der Waals surface area contributed by atoms with E-state index in [0.29, 0.717) is 29.4 Å². The average Bonchev–Trinajstić information content (AvgIpc) is 3.17. The average molecular weight is 443 g/mol. The number of amides is 2. The molecule has 166 valence electrons. The number of hydrogen-bond donors (Lipinski definition) is 1. The number of unbranched alkanes of at least 4 members (excludes halogenated alkanes) is 3. The van der Waals surface area contributed by atoms with Gasteiger partial charge in [-0.15, -0.1) is 11.8 Å². The molecule has 0 spiro atoms. The fourth-order valence-corrected chi connectivity index (χ4v) is 4.85. The van der Waals surface area contributed by atoms with E-state index in [1.165, 1.54) is 11.8 Å². The number of hydrogen-bond acceptors (Lipinski definition) is 5. The molecule has 2 amide bonds. The fourth-order valence-electron chi connectivity index (χ4n) is 3.65. The predicted octanol–water partition coefficient (Wildman–Crippen LogP) is 5.39. The summed E-state index contributed by atoms with van der Waals surface area (Å²) in [7, 11) is 3.17. The number of carbonyl (C=O) groups excluding carboxylic acids is 2. The Kier molecular flexibility index (Phi) is 8.23. The lowest BCUT2D eigenvalue weighted by atomic mass is 10.1. The van der Waals surface area contributed by atoms with Crippen molar-refractivity contribution in [3.05, 3.63) is 48.0 Å². The van der Waals surface area contributed by atoms with Gasteiger partial charge in [0.25, 0.3) is 0 Å². The zero-order valence-electron chi connectivity index (χ0n) is 18.3. The van der Waals surface area contributed by atoms with Crippen LogP contribution in [0.15, 0.2) is 42.5 Å². The van der Waals surface area contributed by atoms with Crippen molar-refractivity contribution in [1.82, 2.24) is 0 Å². The Morgan fingerprint density at radius 1 is 1.13 bits per heavy atom. The van der Waals surface area contributed by atoms with Crippen LogP contribution in [0.25, 0.3) is 0 Å². The molecular formula is C24H30N2O4S. The minimum Gasteiger partial charge on any atom is -0.497 e. The molecule has 3 rings (SSSR count). The Bertz CT molecular complexity index is 918. The molecule has 0 saturated carbocycles. The van der Waals surface area contributed by atoms with E-state index in [-0.39, 0.29) is 17.2 Å². The predicted molar refractivity (Wildman–Crippen MR) is 126 cm³/mol. The van der Waals surface area contributed by atoms with Gasteiger partial charge in [0, 0.05) is 23.7 Å². The minimum atomic E-state index is -0.258. The number of anilines is 2. The first-order chi connectivity index (χ1) is 15.1. The number of nitrogens with zero attached hydrogens (tertiary/aromatic N) is 1. The maximum atomic E-state index is 12.8. The van der Waals surface area contributed by atoms with Crippen LogP contribution in [0.2, 0.25) is 0 Å². The second kappa shape index (κ2) is 11.1. The summed E-state index contributed by atoms with van der Waals surface area (Å²) in [5.41, 5.74) is 2.33. The number of benzene rings is 2. The highest BCUT2D eigenvalue weighted by atomic mass is 32.2. The summed E-state index contributed by atoms with van der Waals surface area (Å²) in [6, 6.07) is 13.1. The maximum absolute atomic E-state index is 12.8. The molecule has 6 nitrogen and oxygen atoms in total. The van der Waals surface area contributed by atoms with Gasteiger partial charge in [-0.25, -0.2) is 0 Å². The monoisotopic (exact) mass is 442 g/mol. The first-order valence-corrected chi connectivity index (χ1v) is 11.7. The Labute approximate surface area is 188 Å². The third-order valence-corrected chi connectivity index (χ3v) is 6.47. The molecule has 31 heavy (non-hydrogen) atoms. The molecule has 1 atom stereocenters. The van der Waals surface area contributed by atoms with E-state index in [0.717, 1.165) is 36.9 Å². The number of thioether (sulfide) groups is 1. The highest BCUT2D eigenvalue weighted by Crippen LogP contribution is 2.47. The Morgan fingerprint density at radius 3 is 2.68 bits per heavy atom. The van der Waals surface area contributed by atoms with Crippen LogP contribution in [0, 0.1) is 0 Å². The summed E-state index contributed by atoms with van der Waals surface area (Å²) < 4.78 is 10.8. The lowest BCUT2D eigenvalue weighted by Crippen LogP contribution is -2.29. The molecule has 1 aliphatic rings. The van der Waals surface area contributed by atoms with E-state index in [1.807, 2.05) is 36.4 Å². The van der Waals surface area contributed by atoms with Crippen LogP contribution in [0.3, 0.4) is 0 Å². The second-order valence-corrected chi connectivity index (χ2v) is 8.48. The highest BCUT2D eigenvalue weighted by Gasteiger charge is 2.37. The summed E-state index contributed by atoms with van der Waals surface area (Å²) in [5, 5.41) is 2.80. The molecule has 1 saturated heterocycles. The lowest BCUT2D eigenvalue weighted by molar-refractivity contribution is -0.116. The van der Waals surface area contributed by atoms with Crippen molar-refractivity contribution in [1.29, 1.82) is 0 Å². The summed E-state index contributed by atoms with van der Waals surface area (Å²) in [6.07, 6.45) is 4.73. The summed E-state index contributed by atoms with van der Waals surface area (Å²) in [5.74, 6) is 1.59. The molecule has 1 aliphatic heterocycles. The first-order valence-electron chi connectivity index (χ1n) is 10.6. The van der Waals surface area contributed by atoms with Crippen molar-refractivity contribution >= 4 is 35.0 Å². The molecule has 7 heteroatoms. The lowest BCUT2D eigenvalue weighted by Gasteiger charge is -2.27. The van der Waals surface area contributed by atoms with Gasteiger partial charge in [0.2, 0.25) is 11.8 Å². The number of carbonyl (C=O) groups is 2. The van der Waals surface area contributed by atoms with Crippen molar-refractivity contribution < 1.29 is 19.1 Å². The first kappa shape index (κ1) is 23.0. The summed E-state index contributed by atoms with van der Waals surface area (Å²) in [6.45, 7) is 2.15. The van der Waals surface area contributed by atoms with E-state index in [2.05, 4.69) is 12.2 Å². The van der Waals surface area contributed by atoms with Crippen LogP contribution in [0.1, 0.15) is 50.0 Å². The van der Waals surface area contributed by atoms with Gasteiger partial charge in [-0.3, -0.25) is 14.5 Å². The minimum absolute atomic E-state index is 0.000776. The Hall–Kier alpha value is -2.67. The van der Waals surface area contributed by atoms with Crippen LogP contribution in [0.5, 0.6) is 11.5 Å². The Morgan fingerprint density at radius 2 is 1.94 bits per heavy atom. The topological polar surface area (TPSA) is 67.9 Å². The number of nitrogens with one attached hydrogen (secondary N) is 1. The maximum Gasteiger partial charge on any atom is 0.238 e. The van der Waals surface area contributed by atoms with E-state index in [4.69, 9.17) is 9.47 Å². The van der Waals surface area contributed by atoms with E-state index in [9.17, 15) is 9.59 Å². The largest absolute Gasteiger partial charge is 0.497 e. The van der Waals surface area contributed by atoms with Gasteiger partial charge < -0.3 is 14.8 Å². The zero-order valence-corrected chi connectivity index (χ0v) is 19.2. The van der Waals surface area contributed by atoms with Gasteiger partial charge >= 0.3 is 0 Å². The summed E-state index contributed by atoms with van der Waals surface area (Å²) in [4.78, 5) is 27.1. The molecule has 0 radical (unpaired) electrons. The highest BCUT2D eigenvalue weighted by molar-refractivity contribution is 8.00. The van der Waals surface area contributed by atoms with Gasteiger partial charge in [-0.05, 0) is 24.6 Å². The molecule has 2 aromatic rings. The SMILES string of the molecule is CCCCCCC(=O)Nc1ccccc1[C@H]1SCC(=O)N1c1ccc(OC)cc1OC. The van der Waals surface area contributed by atoms with Crippen molar-refractivity contribution in [2.45, 2.75) is 44.4 Å². The zero-order chi connectivity index (χ0) is 22.2. The molecule has 0 aliphatic carbocycles. The molecular weight excluding hydrogens is 412 g/mol. The third kappa shape index (κ3) is 5.53. The molecule has 0 unspecified atom stereocenters. The normalized spacial score (nSPS) is 15.8. The number of rotatable bonds is 10. The van der Waals surface area contributed by atoms with Gasteiger partial charge in [-0.1, -0.05) is 44.4 Å². The van der Waals surface area contributed by atoms with Crippen molar-refractivity contribution in [3.63, 3.8) is 0 Å². The quantitative estimate of drug-likeness (QED) is 0.500. The van der Waals surface area contributed by atoms with Crippen LogP contribution in [0.4, 0.5) is 11.4 Å². The molecule has 0 bridgehead atoms. The van der Waals surface area contributed by atoms with Gasteiger partial charge in [0.05, 0.1) is 25.7 Å². The number of methoxy groups -OCH3 is 2. The van der Waals surface area contributed by atoms with Crippen molar-refractivity contribution in [3.8, 4) is 11.5 Å². The van der Waals surface area contributed by atoms with Crippen LogP contribution in [-0.2, 0) is 9.59 Å². The second-order valence-electron chi connectivity index (χ2n) is 7.41. The van der Waals surface area contributed by atoms with E-state index in [1.54, 1.807) is 25.2 Å². The number of ether oxygens (including phenoxy) is 2. The van der Waals surface area contributed by atoms with E-state index >= 15 is 0 Å². The van der Waals surface area contributed by atoms with Crippen molar-refractivity contribution in [2.24, 2.45) is 0 Å². The van der Waals surface area contributed by atoms with Gasteiger partial charge in [0.15, 0.2) is 0 Å². The molecule has 2 aromatic carbocycles.